The minimum Gasteiger partial charge on any atom is -0.469 e. The van der Waals surface area contributed by atoms with Crippen molar-refractivity contribution < 1.29 is 19.0 Å². The Morgan fingerprint density at radius 1 is 1.53 bits per heavy atom. The number of esters is 1. The van der Waals surface area contributed by atoms with Gasteiger partial charge in [0.05, 0.1) is 19.6 Å². The smallest absolute Gasteiger partial charge is 0.307 e. The van der Waals surface area contributed by atoms with Gasteiger partial charge in [0.2, 0.25) is 0 Å². The van der Waals surface area contributed by atoms with Gasteiger partial charge in [0.1, 0.15) is 5.82 Å². The summed E-state index contributed by atoms with van der Waals surface area (Å²) >= 11 is 0. The first kappa shape index (κ1) is 15.3. The van der Waals surface area contributed by atoms with E-state index >= 15 is 0 Å². The third-order valence-corrected chi connectivity index (χ3v) is 2.73. The lowest BCUT2D eigenvalue weighted by Crippen LogP contribution is -2.37. The summed E-state index contributed by atoms with van der Waals surface area (Å²) in [6.45, 7) is 4.01. The highest BCUT2D eigenvalue weighted by Crippen LogP contribution is 2.19. The number of rotatable bonds is 7. The maximum Gasteiger partial charge on any atom is 0.307 e. The summed E-state index contributed by atoms with van der Waals surface area (Å²) in [6.07, 6.45) is 0.713. The van der Waals surface area contributed by atoms with Gasteiger partial charge >= 0.3 is 5.97 Å². The van der Waals surface area contributed by atoms with E-state index in [1.165, 1.54) is 31.4 Å². The second-order valence-corrected chi connectivity index (χ2v) is 4.08. The third-order valence-electron chi connectivity index (χ3n) is 2.73. The highest BCUT2D eigenvalue weighted by atomic mass is 19.1. The molecule has 2 N–H and O–H groups in total. The summed E-state index contributed by atoms with van der Waals surface area (Å²) in [6, 6.07) is 4.98. The Labute approximate surface area is 111 Å². The number of aliphatic hydroxyl groups is 1. The maximum absolute atomic E-state index is 12.8. The van der Waals surface area contributed by atoms with Crippen molar-refractivity contribution in [1.29, 1.82) is 0 Å². The van der Waals surface area contributed by atoms with Crippen molar-refractivity contribution in [3.63, 3.8) is 0 Å². The van der Waals surface area contributed by atoms with Gasteiger partial charge in [-0.1, -0.05) is 18.2 Å². The van der Waals surface area contributed by atoms with Crippen LogP contribution in [-0.4, -0.2) is 30.8 Å². The average Bonchev–Trinajstić information content (AvgIpc) is 2.43. The number of methoxy groups -OCH3 is 1. The number of halogens is 1. The average molecular weight is 267 g/mol. The molecule has 0 saturated carbocycles. The fraction of sp³-hybridized carbons (Fsp3) is 0.357. The first-order chi connectivity index (χ1) is 9.08. The number of benzene rings is 1. The van der Waals surface area contributed by atoms with Crippen molar-refractivity contribution in [3.05, 3.63) is 48.3 Å². The lowest BCUT2D eigenvalue weighted by Gasteiger charge is -2.23. The topological polar surface area (TPSA) is 58.6 Å². The summed E-state index contributed by atoms with van der Waals surface area (Å²) < 4.78 is 17.4. The van der Waals surface area contributed by atoms with E-state index in [2.05, 4.69) is 16.6 Å². The van der Waals surface area contributed by atoms with Crippen LogP contribution in [0.25, 0.3) is 0 Å². The van der Waals surface area contributed by atoms with Crippen LogP contribution in [0.2, 0.25) is 0 Å². The molecule has 0 spiro atoms. The fourth-order valence-corrected chi connectivity index (χ4v) is 1.69. The van der Waals surface area contributed by atoms with Crippen molar-refractivity contribution >= 4 is 5.97 Å². The summed E-state index contributed by atoms with van der Waals surface area (Å²) in [4.78, 5) is 11.3. The number of hydrogen-bond acceptors (Lipinski definition) is 4. The number of carbonyl (C=O) groups is 1. The van der Waals surface area contributed by atoms with Crippen molar-refractivity contribution in [2.75, 3.05) is 13.7 Å². The molecule has 0 aromatic heterocycles. The Morgan fingerprint density at radius 3 is 2.68 bits per heavy atom. The van der Waals surface area contributed by atoms with Crippen LogP contribution in [-0.2, 0) is 9.53 Å². The molecule has 0 bridgehead atoms. The van der Waals surface area contributed by atoms with E-state index in [9.17, 15) is 14.3 Å². The van der Waals surface area contributed by atoms with E-state index in [4.69, 9.17) is 0 Å². The monoisotopic (exact) mass is 267 g/mol. The van der Waals surface area contributed by atoms with Gasteiger partial charge in [-0.2, -0.15) is 0 Å². The lowest BCUT2D eigenvalue weighted by atomic mass is 9.99. The molecule has 0 saturated heterocycles. The highest BCUT2D eigenvalue weighted by molar-refractivity contribution is 5.70. The van der Waals surface area contributed by atoms with Crippen LogP contribution in [0.4, 0.5) is 4.39 Å². The first-order valence-corrected chi connectivity index (χ1v) is 5.93. The van der Waals surface area contributed by atoms with Crippen molar-refractivity contribution in [1.82, 2.24) is 5.32 Å². The van der Waals surface area contributed by atoms with E-state index in [1.54, 1.807) is 6.08 Å². The molecular weight excluding hydrogens is 249 g/mol. The summed E-state index contributed by atoms with van der Waals surface area (Å²) in [5.74, 6) is -0.803. The molecule has 0 aliphatic carbocycles. The Balaban J connectivity index is 2.79. The minimum atomic E-state index is -0.931. The molecular formula is C14H18FNO3. The minimum absolute atomic E-state index is 0.0167. The zero-order chi connectivity index (χ0) is 14.3. The number of hydrogen-bond donors (Lipinski definition) is 2. The quantitative estimate of drug-likeness (QED) is 0.581. The number of nitrogens with one attached hydrogen (secondary N) is 1. The van der Waals surface area contributed by atoms with Crippen LogP contribution in [0.15, 0.2) is 36.9 Å². The molecule has 5 heteroatoms. The Kier molecular flexibility index (Phi) is 6.18. The Bertz CT molecular complexity index is 419. The molecule has 0 aliphatic heterocycles. The molecule has 1 aromatic carbocycles. The molecule has 2 atom stereocenters. The van der Waals surface area contributed by atoms with Crippen molar-refractivity contribution in [2.24, 2.45) is 0 Å². The second kappa shape index (κ2) is 7.66. The lowest BCUT2D eigenvalue weighted by molar-refractivity contribution is -0.142. The largest absolute Gasteiger partial charge is 0.469 e. The number of carbonyl (C=O) groups excluding carboxylic acids is 1. The van der Waals surface area contributed by atoms with E-state index in [1.807, 2.05) is 0 Å². The van der Waals surface area contributed by atoms with Crippen LogP contribution in [0, 0.1) is 5.82 Å². The molecule has 1 rings (SSSR count). The van der Waals surface area contributed by atoms with Gasteiger partial charge in [-0.3, -0.25) is 4.79 Å². The second-order valence-electron chi connectivity index (χ2n) is 4.08. The van der Waals surface area contributed by atoms with Crippen LogP contribution in [0.3, 0.4) is 0 Å². The van der Waals surface area contributed by atoms with Gasteiger partial charge in [-0.15, -0.1) is 6.58 Å². The van der Waals surface area contributed by atoms with E-state index in [0.29, 0.717) is 12.1 Å². The molecule has 104 valence electrons. The SMILES string of the molecule is C=CCNC(CC(=O)OC)C(O)c1ccc(F)cc1. The highest BCUT2D eigenvalue weighted by Gasteiger charge is 2.23. The van der Waals surface area contributed by atoms with E-state index in [0.717, 1.165) is 0 Å². The predicted molar refractivity (Wildman–Crippen MR) is 70.0 cm³/mol. The van der Waals surface area contributed by atoms with E-state index in [-0.39, 0.29) is 12.2 Å². The summed E-state index contributed by atoms with van der Waals surface area (Å²) in [5, 5.41) is 13.2. The van der Waals surface area contributed by atoms with Gasteiger partial charge < -0.3 is 15.2 Å². The van der Waals surface area contributed by atoms with Crippen LogP contribution in [0.1, 0.15) is 18.1 Å². The number of aliphatic hydroxyl groups excluding tert-OH is 1. The van der Waals surface area contributed by atoms with E-state index < -0.39 is 18.1 Å². The summed E-state index contributed by atoms with van der Waals surface area (Å²) in [7, 11) is 1.29. The fourth-order valence-electron chi connectivity index (χ4n) is 1.69. The van der Waals surface area contributed by atoms with Crippen molar-refractivity contribution in [3.8, 4) is 0 Å². The molecule has 0 amide bonds. The molecule has 0 fully saturated rings. The molecule has 4 nitrogen and oxygen atoms in total. The molecule has 0 aliphatic rings. The van der Waals surface area contributed by atoms with Crippen molar-refractivity contribution in [2.45, 2.75) is 18.6 Å². The van der Waals surface area contributed by atoms with Crippen LogP contribution < -0.4 is 5.32 Å². The van der Waals surface area contributed by atoms with Gasteiger partial charge in [0.25, 0.3) is 0 Å². The van der Waals surface area contributed by atoms with Gasteiger partial charge in [0, 0.05) is 12.6 Å². The molecule has 19 heavy (non-hydrogen) atoms. The molecule has 0 heterocycles. The zero-order valence-electron chi connectivity index (χ0n) is 10.8. The van der Waals surface area contributed by atoms with Gasteiger partial charge in [-0.25, -0.2) is 4.39 Å². The Hall–Kier alpha value is -1.72. The maximum atomic E-state index is 12.8. The first-order valence-electron chi connectivity index (χ1n) is 5.93. The molecule has 2 unspecified atom stereocenters. The normalized spacial score (nSPS) is 13.6. The Morgan fingerprint density at radius 2 is 2.16 bits per heavy atom. The molecule has 0 radical (unpaired) electrons. The standard InChI is InChI=1S/C14H18FNO3/c1-3-8-16-12(9-13(17)19-2)14(18)10-4-6-11(15)7-5-10/h3-7,12,14,16,18H,1,8-9H2,2H3. The number of ether oxygens (including phenoxy) is 1. The third kappa shape index (κ3) is 4.81. The van der Waals surface area contributed by atoms with Crippen LogP contribution in [0.5, 0.6) is 0 Å². The summed E-state index contributed by atoms with van der Waals surface area (Å²) in [5.41, 5.74) is 0.534. The predicted octanol–water partition coefficient (Wildman–Crippen LogP) is 1.57. The van der Waals surface area contributed by atoms with Gasteiger partial charge in [-0.05, 0) is 17.7 Å². The molecule has 1 aromatic rings. The van der Waals surface area contributed by atoms with Crippen LogP contribution >= 0.6 is 0 Å². The zero-order valence-corrected chi connectivity index (χ0v) is 10.8. The van der Waals surface area contributed by atoms with Gasteiger partial charge in [0.15, 0.2) is 0 Å².